The third kappa shape index (κ3) is 3.61. The van der Waals surface area contributed by atoms with Crippen molar-refractivity contribution in [2.45, 2.75) is 19.3 Å². The highest BCUT2D eigenvalue weighted by atomic mass is 32.1. The van der Waals surface area contributed by atoms with Gasteiger partial charge in [-0.2, -0.15) is 0 Å². The lowest BCUT2D eigenvalue weighted by molar-refractivity contribution is 0.641. The molecule has 0 bridgehead atoms. The zero-order valence-electron chi connectivity index (χ0n) is 20.0. The monoisotopic (exact) mass is 483 g/mol. The van der Waals surface area contributed by atoms with Crippen molar-refractivity contribution in [3.05, 3.63) is 119 Å². The topological polar surface area (TPSA) is 38.7 Å². The van der Waals surface area contributed by atoms with Crippen LogP contribution in [0.2, 0.25) is 0 Å². The third-order valence-electron chi connectivity index (χ3n) is 7.29. The van der Waals surface area contributed by atoms with E-state index in [2.05, 4.69) is 73.7 Å². The molecule has 36 heavy (non-hydrogen) atoms. The fourth-order valence-electron chi connectivity index (χ4n) is 5.53. The normalized spacial score (nSPS) is 21.8. The summed E-state index contributed by atoms with van der Waals surface area (Å²) in [5.41, 5.74) is 6.38. The molecule has 4 aromatic rings. The largest absolute Gasteiger partial charge is 0.208 e. The Labute approximate surface area is 215 Å². The second-order valence-corrected chi connectivity index (χ2v) is 10.8. The summed E-state index contributed by atoms with van der Waals surface area (Å²) in [5, 5.41) is 0. The van der Waals surface area contributed by atoms with Gasteiger partial charge in [0, 0.05) is 27.8 Å². The van der Waals surface area contributed by atoms with E-state index >= 15 is 0 Å². The number of benzene rings is 2. The summed E-state index contributed by atoms with van der Waals surface area (Å²) in [6.45, 7) is 2.31. The summed E-state index contributed by atoms with van der Waals surface area (Å²) < 4.78 is 0. The van der Waals surface area contributed by atoms with E-state index in [1.165, 1.54) is 21.6 Å². The van der Waals surface area contributed by atoms with Gasteiger partial charge in [0.05, 0.1) is 4.88 Å². The lowest BCUT2D eigenvalue weighted by atomic mass is 9.69. The van der Waals surface area contributed by atoms with Gasteiger partial charge in [-0.15, -0.1) is 11.3 Å². The molecule has 0 radical (unpaired) electrons. The van der Waals surface area contributed by atoms with Gasteiger partial charge in [0.15, 0.2) is 17.5 Å². The van der Waals surface area contributed by atoms with E-state index < -0.39 is 0 Å². The molecule has 2 aromatic carbocycles. The van der Waals surface area contributed by atoms with E-state index in [1.54, 1.807) is 0 Å². The first-order chi connectivity index (χ1) is 17.7. The van der Waals surface area contributed by atoms with Gasteiger partial charge in [-0.05, 0) is 35.1 Å². The maximum Gasteiger partial charge on any atom is 0.174 e. The van der Waals surface area contributed by atoms with Crippen LogP contribution in [0.5, 0.6) is 0 Å². The summed E-state index contributed by atoms with van der Waals surface area (Å²) in [5.74, 6) is 3.47. The predicted octanol–water partition coefficient (Wildman–Crippen LogP) is 8.12. The Morgan fingerprint density at radius 1 is 0.722 bits per heavy atom. The number of rotatable bonds is 3. The molecule has 2 unspecified atom stereocenters. The SMILES string of the molecule is C[C@@H]1C=CC2=C(C1)c1sc(-c3nc(-c4ccccc4)nc(-c4ccccc4)n3)cc1C1C=CC=CC21. The first-order valence-corrected chi connectivity index (χ1v) is 13.3. The Balaban J connectivity index is 1.41. The lowest BCUT2D eigenvalue weighted by Crippen LogP contribution is -2.21. The Morgan fingerprint density at radius 3 is 2.00 bits per heavy atom. The van der Waals surface area contributed by atoms with Crippen LogP contribution < -0.4 is 0 Å². The molecular weight excluding hydrogens is 458 g/mol. The third-order valence-corrected chi connectivity index (χ3v) is 8.49. The van der Waals surface area contributed by atoms with E-state index in [0.717, 1.165) is 28.2 Å². The molecule has 0 saturated carbocycles. The molecule has 3 nitrogen and oxygen atoms in total. The van der Waals surface area contributed by atoms with Crippen molar-refractivity contribution in [3.8, 4) is 33.5 Å². The number of allylic oxidation sites excluding steroid dienone is 8. The molecule has 2 aromatic heterocycles. The van der Waals surface area contributed by atoms with Crippen LogP contribution in [0.1, 0.15) is 29.7 Å². The average molecular weight is 484 g/mol. The summed E-state index contributed by atoms with van der Waals surface area (Å²) in [6, 6.07) is 22.7. The Hall–Kier alpha value is -3.89. The van der Waals surface area contributed by atoms with Crippen LogP contribution in [0.3, 0.4) is 0 Å². The maximum absolute atomic E-state index is 4.99. The zero-order chi connectivity index (χ0) is 24.1. The van der Waals surface area contributed by atoms with Gasteiger partial charge in [0.2, 0.25) is 0 Å². The number of nitrogens with zero attached hydrogens (tertiary/aromatic N) is 3. The van der Waals surface area contributed by atoms with Gasteiger partial charge in [0.25, 0.3) is 0 Å². The fourth-order valence-corrected chi connectivity index (χ4v) is 6.76. The van der Waals surface area contributed by atoms with Gasteiger partial charge in [-0.1, -0.05) is 104 Å². The highest BCUT2D eigenvalue weighted by molar-refractivity contribution is 7.16. The van der Waals surface area contributed by atoms with Gasteiger partial charge >= 0.3 is 0 Å². The highest BCUT2D eigenvalue weighted by Crippen LogP contribution is 2.53. The molecular formula is C32H25N3S. The highest BCUT2D eigenvalue weighted by Gasteiger charge is 2.36. The predicted molar refractivity (Wildman–Crippen MR) is 148 cm³/mol. The number of thiophene rings is 1. The van der Waals surface area contributed by atoms with Crippen molar-refractivity contribution < 1.29 is 0 Å². The van der Waals surface area contributed by atoms with Gasteiger partial charge in [-0.3, -0.25) is 0 Å². The van der Waals surface area contributed by atoms with E-state index in [9.17, 15) is 0 Å². The number of aromatic nitrogens is 3. The van der Waals surface area contributed by atoms with Gasteiger partial charge in [0.1, 0.15) is 0 Å². The van der Waals surface area contributed by atoms with Crippen molar-refractivity contribution in [1.82, 2.24) is 15.0 Å². The van der Waals surface area contributed by atoms with Crippen LogP contribution in [0.15, 0.2) is 109 Å². The smallest absolute Gasteiger partial charge is 0.174 e. The number of hydrogen-bond donors (Lipinski definition) is 0. The molecule has 0 N–H and O–H groups in total. The minimum atomic E-state index is 0.357. The second-order valence-electron chi connectivity index (χ2n) is 9.73. The van der Waals surface area contributed by atoms with E-state index in [4.69, 9.17) is 15.0 Å². The average Bonchev–Trinajstić information content (AvgIpc) is 3.40. The minimum absolute atomic E-state index is 0.357. The number of hydrogen-bond acceptors (Lipinski definition) is 4. The zero-order valence-corrected chi connectivity index (χ0v) is 20.8. The molecule has 0 aliphatic heterocycles. The molecule has 7 rings (SSSR count). The Morgan fingerprint density at radius 2 is 1.33 bits per heavy atom. The summed E-state index contributed by atoms with van der Waals surface area (Å²) in [4.78, 5) is 17.4. The van der Waals surface area contributed by atoms with E-state index in [-0.39, 0.29) is 0 Å². The summed E-state index contributed by atoms with van der Waals surface area (Å²) in [6.07, 6.45) is 14.9. The molecule has 3 aliphatic carbocycles. The standard InChI is InChI=1S/C32H25N3S/c1-20-16-17-25-23-14-8-9-15-24(23)27-19-28(36-29(27)26(25)18-20)32-34-30(21-10-4-2-5-11-21)33-31(35-32)22-12-6-3-7-13-22/h2-17,19-20,23-24H,18H2,1H3/t20-,23?,24?/m1/s1. The van der Waals surface area contributed by atoms with Crippen molar-refractivity contribution in [2.24, 2.45) is 11.8 Å². The van der Waals surface area contributed by atoms with E-state index in [0.29, 0.717) is 29.4 Å². The molecule has 174 valence electrons. The first kappa shape index (κ1) is 21.4. The summed E-state index contributed by atoms with van der Waals surface area (Å²) >= 11 is 1.84. The van der Waals surface area contributed by atoms with Crippen molar-refractivity contribution in [3.63, 3.8) is 0 Å². The maximum atomic E-state index is 4.99. The molecule has 2 heterocycles. The lowest BCUT2D eigenvalue weighted by Gasteiger charge is -2.35. The first-order valence-electron chi connectivity index (χ1n) is 12.5. The fraction of sp³-hybridized carbons (Fsp3) is 0.156. The molecule has 0 amide bonds. The molecule has 3 atom stereocenters. The quantitative estimate of drug-likeness (QED) is 0.295. The molecule has 0 saturated heterocycles. The molecule has 0 fully saturated rings. The van der Waals surface area contributed by atoms with Crippen LogP contribution in [0.4, 0.5) is 0 Å². The van der Waals surface area contributed by atoms with E-state index in [1.807, 2.05) is 47.7 Å². The van der Waals surface area contributed by atoms with Crippen molar-refractivity contribution in [1.29, 1.82) is 0 Å². The Kier molecular flexibility index (Phi) is 5.14. The van der Waals surface area contributed by atoms with Crippen LogP contribution >= 0.6 is 11.3 Å². The van der Waals surface area contributed by atoms with Crippen LogP contribution in [0, 0.1) is 11.8 Å². The van der Waals surface area contributed by atoms with Gasteiger partial charge in [-0.25, -0.2) is 15.0 Å². The second kappa shape index (κ2) is 8.65. The van der Waals surface area contributed by atoms with Gasteiger partial charge < -0.3 is 0 Å². The van der Waals surface area contributed by atoms with Crippen molar-refractivity contribution in [2.75, 3.05) is 0 Å². The van der Waals surface area contributed by atoms with Crippen molar-refractivity contribution >= 4 is 16.9 Å². The van der Waals surface area contributed by atoms with Crippen LogP contribution in [0.25, 0.3) is 39.1 Å². The number of fused-ring (bicyclic) bond motifs is 5. The molecule has 0 spiro atoms. The molecule has 3 aliphatic rings. The Bertz CT molecular complexity index is 1520. The minimum Gasteiger partial charge on any atom is -0.208 e. The summed E-state index contributed by atoms with van der Waals surface area (Å²) in [7, 11) is 0. The molecule has 4 heteroatoms. The van der Waals surface area contributed by atoms with Crippen LogP contribution in [-0.4, -0.2) is 15.0 Å². The van der Waals surface area contributed by atoms with Crippen LogP contribution in [-0.2, 0) is 0 Å².